The first-order valence-corrected chi connectivity index (χ1v) is 10.2. The summed E-state index contributed by atoms with van der Waals surface area (Å²) in [5.41, 5.74) is 3.64. The smallest absolute Gasteiger partial charge is 0.0918 e. The first-order chi connectivity index (χ1) is 13.0. The van der Waals surface area contributed by atoms with Crippen LogP contribution in [0.5, 0.6) is 0 Å². The number of benzene rings is 1. The van der Waals surface area contributed by atoms with E-state index in [1.165, 1.54) is 47.8 Å². The van der Waals surface area contributed by atoms with Crippen molar-refractivity contribution in [2.45, 2.75) is 52.1 Å². The van der Waals surface area contributed by atoms with Crippen LogP contribution in [0.25, 0.3) is 10.9 Å². The molecule has 146 valence electrons. The monoisotopic (exact) mass is 366 g/mol. The molecule has 2 aromatic rings. The number of rotatable bonds is 6. The Morgan fingerprint density at radius 2 is 2.07 bits per heavy atom. The van der Waals surface area contributed by atoms with Gasteiger partial charge in [0.1, 0.15) is 0 Å². The number of hydrogen-bond donors (Lipinski definition) is 3. The fourth-order valence-electron chi connectivity index (χ4n) is 3.36. The summed E-state index contributed by atoms with van der Waals surface area (Å²) in [5.74, 6) is 1.97. The largest absolute Gasteiger partial charge is 0.376 e. The minimum absolute atomic E-state index is 0.437. The highest BCUT2D eigenvalue weighted by Crippen LogP contribution is 2.26. The standard InChI is InChI=1S/C19H26N4.C4H8/c1-4-23-9-5-6-17(13-23)21-15(3)20-12-18-11-16-10-14(2)7-8-19(16)22-18;1-4-2-3-4/h4,7-8,10-11,17,20-22H,1,3,5-6,9,12-13H2,2H3;4H,2-3H2,1H3. The minimum atomic E-state index is 0.437. The molecule has 2 aliphatic rings. The molecule has 27 heavy (non-hydrogen) atoms. The van der Waals surface area contributed by atoms with Crippen molar-refractivity contribution in [3.63, 3.8) is 0 Å². The van der Waals surface area contributed by atoms with Crippen molar-refractivity contribution < 1.29 is 0 Å². The minimum Gasteiger partial charge on any atom is -0.376 e. The Hall–Kier alpha value is -2.36. The summed E-state index contributed by atoms with van der Waals surface area (Å²) in [6, 6.07) is 9.10. The lowest BCUT2D eigenvalue weighted by Gasteiger charge is -2.33. The van der Waals surface area contributed by atoms with E-state index in [1.807, 2.05) is 6.20 Å². The molecule has 0 spiro atoms. The van der Waals surface area contributed by atoms with Crippen molar-refractivity contribution in [3.05, 3.63) is 60.7 Å². The van der Waals surface area contributed by atoms with Crippen LogP contribution in [0.1, 0.15) is 43.9 Å². The first kappa shape index (κ1) is 19.4. The van der Waals surface area contributed by atoms with E-state index >= 15 is 0 Å². The summed E-state index contributed by atoms with van der Waals surface area (Å²) in [7, 11) is 0. The van der Waals surface area contributed by atoms with Crippen LogP contribution in [0.3, 0.4) is 0 Å². The Balaban J connectivity index is 0.000000466. The fourth-order valence-corrected chi connectivity index (χ4v) is 3.36. The average Bonchev–Trinajstić information content (AvgIpc) is 3.33. The summed E-state index contributed by atoms with van der Waals surface area (Å²) in [6.07, 6.45) is 7.27. The number of H-pyrrole nitrogens is 1. The molecule has 1 aromatic carbocycles. The third kappa shape index (κ3) is 6.09. The predicted octanol–water partition coefficient (Wildman–Crippen LogP) is 4.65. The van der Waals surface area contributed by atoms with Crippen LogP contribution < -0.4 is 10.6 Å². The van der Waals surface area contributed by atoms with Crippen molar-refractivity contribution in [2.75, 3.05) is 13.1 Å². The highest BCUT2D eigenvalue weighted by molar-refractivity contribution is 5.81. The van der Waals surface area contributed by atoms with Crippen LogP contribution in [0.2, 0.25) is 0 Å². The molecule has 1 atom stereocenters. The molecular formula is C23H34N4. The molecule has 1 unspecified atom stereocenters. The van der Waals surface area contributed by atoms with Gasteiger partial charge in [-0.05, 0) is 55.5 Å². The number of piperidine rings is 1. The molecule has 1 aromatic heterocycles. The number of likely N-dealkylation sites (tertiary alicyclic amines) is 1. The highest BCUT2D eigenvalue weighted by atomic mass is 15.2. The van der Waals surface area contributed by atoms with Gasteiger partial charge in [-0.1, -0.05) is 44.6 Å². The van der Waals surface area contributed by atoms with E-state index in [1.54, 1.807) is 0 Å². The molecular weight excluding hydrogens is 332 g/mol. The molecule has 0 radical (unpaired) electrons. The van der Waals surface area contributed by atoms with E-state index in [0.717, 1.165) is 31.4 Å². The van der Waals surface area contributed by atoms with E-state index in [4.69, 9.17) is 0 Å². The Bertz CT molecular complexity index is 772. The SMILES string of the molecule is C=CN1CCCC(NC(=C)NCc2cc3cc(C)ccc3[nH]2)C1.CC1CC1. The zero-order valence-corrected chi connectivity index (χ0v) is 16.9. The fraction of sp³-hybridized carbons (Fsp3) is 0.478. The quantitative estimate of drug-likeness (QED) is 0.697. The zero-order chi connectivity index (χ0) is 19.2. The van der Waals surface area contributed by atoms with Crippen molar-refractivity contribution in [2.24, 2.45) is 5.92 Å². The summed E-state index contributed by atoms with van der Waals surface area (Å²) in [5, 5.41) is 8.12. The molecule has 4 rings (SSSR count). The van der Waals surface area contributed by atoms with Gasteiger partial charge in [0, 0.05) is 30.3 Å². The van der Waals surface area contributed by atoms with E-state index in [0.29, 0.717) is 6.04 Å². The number of nitrogens with zero attached hydrogens (tertiary/aromatic N) is 1. The molecule has 1 aliphatic heterocycles. The summed E-state index contributed by atoms with van der Waals surface area (Å²) in [4.78, 5) is 5.70. The first-order valence-electron chi connectivity index (χ1n) is 10.2. The number of aromatic amines is 1. The van der Waals surface area contributed by atoms with E-state index < -0.39 is 0 Å². The van der Waals surface area contributed by atoms with Gasteiger partial charge in [0.25, 0.3) is 0 Å². The van der Waals surface area contributed by atoms with Gasteiger partial charge in [-0.3, -0.25) is 0 Å². The van der Waals surface area contributed by atoms with Gasteiger partial charge in [-0.2, -0.15) is 0 Å². The van der Waals surface area contributed by atoms with Crippen LogP contribution in [-0.4, -0.2) is 29.0 Å². The number of fused-ring (bicyclic) bond motifs is 1. The van der Waals surface area contributed by atoms with Gasteiger partial charge in [0.05, 0.1) is 12.4 Å². The van der Waals surface area contributed by atoms with Gasteiger partial charge in [0.15, 0.2) is 0 Å². The third-order valence-electron chi connectivity index (χ3n) is 5.28. The molecule has 0 amide bonds. The molecule has 1 saturated heterocycles. The van der Waals surface area contributed by atoms with Gasteiger partial charge in [0.2, 0.25) is 0 Å². The lowest BCUT2D eigenvalue weighted by atomic mass is 10.1. The van der Waals surface area contributed by atoms with Crippen LogP contribution in [0.15, 0.2) is 49.4 Å². The Morgan fingerprint density at radius 3 is 2.78 bits per heavy atom. The lowest BCUT2D eigenvalue weighted by molar-refractivity contribution is 0.259. The molecule has 4 nitrogen and oxygen atoms in total. The lowest BCUT2D eigenvalue weighted by Crippen LogP contribution is -2.44. The Labute approximate surface area is 163 Å². The topological polar surface area (TPSA) is 43.1 Å². The number of aryl methyl sites for hydroxylation is 1. The van der Waals surface area contributed by atoms with Crippen LogP contribution in [0, 0.1) is 12.8 Å². The highest BCUT2D eigenvalue weighted by Gasteiger charge is 2.17. The van der Waals surface area contributed by atoms with Gasteiger partial charge in [-0.25, -0.2) is 0 Å². The van der Waals surface area contributed by atoms with E-state index in [2.05, 4.69) is 71.8 Å². The van der Waals surface area contributed by atoms with Crippen molar-refractivity contribution in [1.82, 2.24) is 20.5 Å². The molecule has 2 fully saturated rings. The molecule has 1 saturated carbocycles. The van der Waals surface area contributed by atoms with Crippen molar-refractivity contribution >= 4 is 10.9 Å². The maximum atomic E-state index is 4.10. The molecule has 1 aliphatic carbocycles. The summed E-state index contributed by atoms with van der Waals surface area (Å²) >= 11 is 0. The van der Waals surface area contributed by atoms with Crippen LogP contribution in [-0.2, 0) is 6.54 Å². The van der Waals surface area contributed by atoms with Gasteiger partial charge in [-0.15, -0.1) is 0 Å². The Kier molecular flexibility index (Phi) is 6.49. The number of hydrogen-bond acceptors (Lipinski definition) is 3. The predicted molar refractivity (Wildman–Crippen MR) is 115 cm³/mol. The molecule has 0 bridgehead atoms. The normalized spacial score (nSPS) is 19.2. The van der Waals surface area contributed by atoms with E-state index in [-0.39, 0.29) is 0 Å². The van der Waals surface area contributed by atoms with Gasteiger partial charge >= 0.3 is 0 Å². The second-order valence-corrected chi connectivity index (χ2v) is 8.06. The maximum absolute atomic E-state index is 4.10. The van der Waals surface area contributed by atoms with Crippen LogP contribution in [0.4, 0.5) is 0 Å². The average molecular weight is 367 g/mol. The number of aromatic nitrogens is 1. The molecule has 3 N–H and O–H groups in total. The second kappa shape index (κ2) is 9.03. The number of nitrogens with one attached hydrogen (secondary N) is 3. The van der Waals surface area contributed by atoms with Gasteiger partial charge < -0.3 is 20.5 Å². The molecule has 2 heterocycles. The van der Waals surface area contributed by atoms with Crippen LogP contribution >= 0.6 is 0 Å². The molecule has 4 heteroatoms. The zero-order valence-electron chi connectivity index (χ0n) is 16.9. The van der Waals surface area contributed by atoms with Crippen molar-refractivity contribution in [3.8, 4) is 0 Å². The second-order valence-electron chi connectivity index (χ2n) is 8.06. The van der Waals surface area contributed by atoms with E-state index in [9.17, 15) is 0 Å². The third-order valence-corrected chi connectivity index (χ3v) is 5.28. The van der Waals surface area contributed by atoms with Crippen molar-refractivity contribution in [1.29, 1.82) is 0 Å². The Morgan fingerprint density at radius 1 is 1.30 bits per heavy atom. The summed E-state index contributed by atoms with van der Waals surface area (Å²) in [6.45, 7) is 15.2. The summed E-state index contributed by atoms with van der Waals surface area (Å²) < 4.78 is 0. The maximum Gasteiger partial charge on any atom is 0.0918 e.